The fraction of sp³-hybridized carbons (Fsp3) is 0.467. The lowest BCUT2D eigenvalue weighted by molar-refractivity contribution is -0.124. The van der Waals surface area contributed by atoms with Crippen LogP contribution in [0.1, 0.15) is 50.4 Å². The zero-order chi connectivity index (χ0) is 28.6. The van der Waals surface area contributed by atoms with E-state index in [1.807, 2.05) is 36.1 Å². The standard InChI is InChI=1S/C30H38N4O5S/c1-4-38-25-12-10-24(11-13-25)34-28(36)26(33(30(34)40)19-18-32-16-14-21(3)15-17-32)20-27(35)31-23-8-6-22(7-9-23)29(37)39-5-2/h6-13,21,26H,4-5,14-20H2,1-3H3,(H,31,35). The van der Waals surface area contributed by atoms with Gasteiger partial charge in [0, 0.05) is 18.8 Å². The van der Waals surface area contributed by atoms with Crippen LogP contribution in [0.2, 0.25) is 0 Å². The molecule has 2 aliphatic heterocycles. The van der Waals surface area contributed by atoms with Crippen LogP contribution in [0.15, 0.2) is 48.5 Å². The summed E-state index contributed by atoms with van der Waals surface area (Å²) in [5.74, 6) is 0.483. The van der Waals surface area contributed by atoms with Crippen LogP contribution < -0.4 is 15.0 Å². The SMILES string of the molecule is CCOC(=O)c1ccc(NC(=O)CC2C(=O)N(c3ccc(OCC)cc3)C(=S)N2CCN2CCC(C)CC2)cc1. The molecule has 0 spiro atoms. The molecule has 214 valence electrons. The maximum absolute atomic E-state index is 13.7. The monoisotopic (exact) mass is 566 g/mol. The Labute approximate surface area is 241 Å². The lowest BCUT2D eigenvalue weighted by Crippen LogP contribution is -2.44. The van der Waals surface area contributed by atoms with Crippen LogP contribution in [0.4, 0.5) is 11.4 Å². The van der Waals surface area contributed by atoms with Crippen molar-refractivity contribution in [2.45, 2.75) is 46.1 Å². The number of hydrogen-bond donors (Lipinski definition) is 1. The second-order valence-electron chi connectivity index (χ2n) is 10.2. The number of nitrogens with one attached hydrogen (secondary N) is 1. The number of ether oxygens (including phenoxy) is 2. The molecule has 2 heterocycles. The summed E-state index contributed by atoms with van der Waals surface area (Å²) in [6, 6.07) is 13.0. The number of rotatable bonds is 11. The van der Waals surface area contributed by atoms with Gasteiger partial charge in [0.1, 0.15) is 11.8 Å². The molecule has 2 aliphatic rings. The van der Waals surface area contributed by atoms with Gasteiger partial charge < -0.3 is 24.6 Å². The first-order valence-electron chi connectivity index (χ1n) is 14.0. The minimum absolute atomic E-state index is 0.0524. The molecule has 2 fully saturated rings. The predicted molar refractivity (Wildman–Crippen MR) is 159 cm³/mol. The van der Waals surface area contributed by atoms with Crippen molar-refractivity contribution in [3.63, 3.8) is 0 Å². The van der Waals surface area contributed by atoms with E-state index < -0.39 is 12.0 Å². The van der Waals surface area contributed by atoms with Crippen molar-refractivity contribution in [2.24, 2.45) is 5.92 Å². The van der Waals surface area contributed by atoms with Crippen molar-refractivity contribution in [3.05, 3.63) is 54.1 Å². The van der Waals surface area contributed by atoms with Crippen molar-refractivity contribution in [2.75, 3.05) is 49.6 Å². The second kappa shape index (κ2) is 13.7. The van der Waals surface area contributed by atoms with Gasteiger partial charge in [-0.2, -0.15) is 0 Å². The van der Waals surface area contributed by atoms with Gasteiger partial charge in [0.25, 0.3) is 5.91 Å². The quantitative estimate of drug-likeness (QED) is 0.318. The summed E-state index contributed by atoms with van der Waals surface area (Å²) in [6.07, 6.45) is 2.26. The van der Waals surface area contributed by atoms with E-state index in [2.05, 4.69) is 17.1 Å². The van der Waals surface area contributed by atoms with E-state index in [0.717, 1.165) is 38.4 Å². The minimum atomic E-state index is -0.721. The third-order valence-electron chi connectivity index (χ3n) is 7.32. The van der Waals surface area contributed by atoms with Crippen molar-refractivity contribution >= 4 is 46.5 Å². The highest BCUT2D eigenvalue weighted by Gasteiger charge is 2.44. The zero-order valence-electron chi connectivity index (χ0n) is 23.4. The molecule has 0 aromatic heterocycles. The van der Waals surface area contributed by atoms with Crippen molar-refractivity contribution in [3.8, 4) is 5.75 Å². The molecule has 1 N–H and O–H groups in total. The molecule has 40 heavy (non-hydrogen) atoms. The van der Waals surface area contributed by atoms with E-state index in [-0.39, 0.29) is 24.8 Å². The van der Waals surface area contributed by atoms with Crippen LogP contribution in [0.5, 0.6) is 5.75 Å². The number of nitrogens with zero attached hydrogens (tertiary/aromatic N) is 3. The number of piperidine rings is 1. The molecule has 1 atom stereocenters. The van der Waals surface area contributed by atoms with Gasteiger partial charge in [-0.3, -0.25) is 14.5 Å². The maximum Gasteiger partial charge on any atom is 0.338 e. The number of thiocarbonyl (C=S) groups is 1. The van der Waals surface area contributed by atoms with Gasteiger partial charge in [-0.15, -0.1) is 0 Å². The van der Waals surface area contributed by atoms with Crippen LogP contribution in [-0.4, -0.2) is 78.1 Å². The van der Waals surface area contributed by atoms with Gasteiger partial charge >= 0.3 is 5.97 Å². The Balaban J connectivity index is 1.47. The van der Waals surface area contributed by atoms with Crippen LogP contribution in [-0.2, 0) is 14.3 Å². The van der Waals surface area contributed by atoms with Gasteiger partial charge in [0.15, 0.2) is 5.11 Å². The Morgan fingerprint density at radius 2 is 1.65 bits per heavy atom. The fourth-order valence-electron chi connectivity index (χ4n) is 5.01. The zero-order valence-corrected chi connectivity index (χ0v) is 24.2. The highest BCUT2D eigenvalue weighted by Crippen LogP contribution is 2.29. The van der Waals surface area contributed by atoms with Gasteiger partial charge in [-0.25, -0.2) is 4.79 Å². The first-order chi connectivity index (χ1) is 19.3. The first-order valence-corrected chi connectivity index (χ1v) is 14.4. The lowest BCUT2D eigenvalue weighted by atomic mass is 9.99. The number of anilines is 2. The summed E-state index contributed by atoms with van der Waals surface area (Å²) < 4.78 is 10.6. The molecule has 2 aromatic rings. The third kappa shape index (κ3) is 7.17. The number of benzene rings is 2. The Hall–Kier alpha value is -3.50. The van der Waals surface area contributed by atoms with Gasteiger partial charge in [-0.05, 0) is 106 Å². The van der Waals surface area contributed by atoms with Crippen molar-refractivity contribution in [1.82, 2.24) is 9.80 Å². The summed E-state index contributed by atoms with van der Waals surface area (Å²) >= 11 is 5.82. The Morgan fingerprint density at radius 1 is 0.975 bits per heavy atom. The van der Waals surface area contributed by atoms with E-state index in [1.165, 1.54) is 4.90 Å². The molecule has 0 bridgehead atoms. The number of likely N-dealkylation sites (tertiary alicyclic amines) is 1. The van der Waals surface area contributed by atoms with Crippen molar-refractivity contribution in [1.29, 1.82) is 0 Å². The summed E-state index contributed by atoms with van der Waals surface area (Å²) in [5.41, 5.74) is 1.58. The first kappa shape index (κ1) is 29.5. The van der Waals surface area contributed by atoms with Crippen molar-refractivity contribution < 1.29 is 23.9 Å². The second-order valence-corrected chi connectivity index (χ2v) is 10.5. The van der Waals surface area contributed by atoms with Crippen LogP contribution in [0.3, 0.4) is 0 Å². The van der Waals surface area contributed by atoms with Gasteiger partial charge in [0.2, 0.25) is 5.91 Å². The topological polar surface area (TPSA) is 91.4 Å². The summed E-state index contributed by atoms with van der Waals surface area (Å²) in [4.78, 5) is 44.6. The molecule has 0 saturated carbocycles. The minimum Gasteiger partial charge on any atom is -0.494 e. The van der Waals surface area contributed by atoms with Gasteiger partial charge in [-0.1, -0.05) is 6.92 Å². The molecule has 2 aromatic carbocycles. The van der Waals surface area contributed by atoms with E-state index in [0.29, 0.717) is 41.0 Å². The summed E-state index contributed by atoms with van der Waals surface area (Å²) in [5, 5.41) is 3.25. The molecule has 4 rings (SSSR count). The Kier molecular flexibility index (Phi) is 10.1. The summed E-state index contributed by atoms with van der Waals surface area (Å²) in [6.45, 7) is 10.1. The average molecular weight is 567 g/mol. The van der Waals surface area contributed by atoms with E-state index in [9.17, 15) is 14.4 Å². The number of amides is 2. The van der Waals surface area contributed by atoms with Gasteiger partial charge in [0.05, 0.1) is 30.9 Å². The highest BCUT2D eigenvalue weighted by atomic mass is 32.1. The van der Waals surface area contributed by atoms with E-state index in [1.54, 1.807) is 31.2 Å². The summed E-state index contributed by atoms with van der Waals surface area (Å²) in [7, 11) is 0. The smallest absolute Gasteiger partial charge is 0.338 e. The molecular formula is C30H38N4O5S. The molecule has 9 nitrogen and oxygen atoms in total. The number of carbonyl (C=O) groups is 3. The van der Waals surface area contributed by atoms with E-state index in [4.69, 9.17) is 21.7 Å². The van der Waals surface area contributed by atoms with Crippen LogP contribution in [0, 0.1) is 5.92 Å². The third-order valence-corrected chi connectivity index (χ3v) is 7.73. The van der Waals surface area contributed by atoms with Crippen LogP contribution >= 0.6 is 12.2 Å². The maximum atomic E-state index is 13.7. The normalized spacial score (nSPS) is 18.2. The largest absolute Gasteiger partial charge is 0.494 e. The predicted octanol–water partition coefficient (Wildman–Crippen LogP) is 4.32. The average Bonchev–Trinajstić information content (AvgIpc) is 3.17. The lowest BCUT2D eigenvalue weighted by Gasteiger charge is -2.32. The highest BCUT2D eigenvalue weighted by molar-refractivity contribution is 7.80. The van der Waals surface area contributed by atoms with Crippen LogP contribution in [0.25, 0.3) is 0 Å². The molecule has 2 amide bonds. The number of esters is 1. The molecular weight excluding hydrogens is 528 g/mol. The molecule has 2 saturated heterocycles. The van der Waals surface area contributed by atoms with E-state index >= 15 is 0 Å². The number of hydrogen-bond acceptors (Lipinski definition) is 7. The Morgan fingerprint density at radius 3 is 2.27 bits per heavy atom. The molecule has 0 radical (unpaired) electrons. The fourth-order valence-corrected chi connectivity index (χ4v) is 5.42. The molecule has 1 unspecified atom stereocenters. The molecule has 0 aliphatic carbocycles. The Bertz CT molecular complexity index is 1200. The number of carbonyl (C=O) groups excluding carboxylic acids is 3. The molecule has 10 heteroatoms.